The normalized spacial score (nSPS) is 19.9. The van der Waals surface area contributed by atoms with Crippen molar-refractivity contribution in [2.24, 2.45) is 5.92 Å². The fraction of sp³-hybridized carbons (Fsp3) is 0.588. The monoisotopic (exact) mass is 316 g/mol. The van der Waals surface area contributed by atoms with Crippen LogP contribution in [0.2, 0.25) is 0 Å². The summed E-state index contributed by atoms with van der Waals surface area (Å²) in [5.41, 5.74) is 0. The molecule has 1 atom stereocenters. The molecule has 1 aliphatic heterocycles. The van der Waals surface area contributed by atoms with Gasteiger partial charge in [-0.05, 0) is 31.9 Å². The van der Waals surface area contributed by atoms with Crippen LogP contribution in [0.1, 0.15) is 26.2 Å². The van der Waals surface area contributed by atoms with Crippen LogP contribution < -0.4 is 10.2 Å². The van der Waals surface area contributed by atoms with Gasteiger partial charge in [0.15, 0.2) is 0 Å². The second kappa shape index (κ2) is 6.98. The van der Waals surface area contributed by atoms with Gasteiger partial charge in [0.25, 0.3) is 0 Å². The van der Waals surface area contributed by atoms with Crippen molar-refractivity contribution in [3.05, 3.63) is 24.4 Å². The first-order valence-corrected chi connectivity index (χ1v) is 8.40. The zero-order valence-electron chi connectivity index (χ0n) is 13.6. The molecule has 2 aliphatic rings. The number of pyridine rings is 1. The molecule has 1 aromatic rings. The van der Waals surface area contributed by atoms with E-state index in [4.69, 9.17) is 0 Å². The fourth-order valence-corrected chi connectivity index (χ4v) is 3.03. The second-order valence-electron chi connectivity index (χ2n) is 6.36. The molecule has 1 saturated heterocycles. The number of aromatic nitrogens is 1. The lowest BCUT2D eigenvalue weighted by atomic mass is 9.84. The molecular formula is C17H24N4O2. The Morgan fingerprint density at radius 3 is 2.52 bits per heavy atom. The third-order valence-electron chi connectivity index (χ3n) is 4.77. The predicted molar refractivity (Wildman–Crippen MR) is 88.0 cm³/mol. The fourth-order valence-electron chi connectivity index (χ4n) is 3.03. The van der Waals surface area contributed by atoms with E-state index in [-0.39, 0.29) is 17.7 Å². The van der Waals surface area contributed by atoms with Crippen molar-refractivity contribution < 1.29 is 9.59 Å². The van der Waals surface area contributed by atoms with Crippen molar-refractivity contribution in [1.29, 1.82) is 0 Å². The van der Waals surface area contributed by atoms with E-state index in [1.165, 1.54) is 0 Å². The Labute approximate surface area is 136 Å². The highest BCUT2D eigenvalue weighted by Gasteiger charge is 2.30. The molecular weight excluding hydrogens is 292 g/mol. The lowest BCUT2D eigenvalue weighted by molar-refractivity contribution is -0.138. The molecule has 0 unspecified atom stereocenters. The molecule has 2 amide bonds. The Bertz CT molecular complexity index is 551. The van der Waals surface area contributed by atoms with Gasteiger partial charge in [0.05, 0.1) is 0 Å². The Balaban J connectivity index is 1.48. The van der Waals surface area contributed by atoms with Crippen molar-refractivity contribution in [3.63, 3.8) is 0 Å². The summed E-state index contributed by atoms with van der Waals surface area (Å²) in [6.45, 7) is 4.65. The number of carbonyl (C=O) groups excluding carboxylic acids is 2. The molecule has 0 radical (unpaired) electrons. The van der Waals surface area contributed by atoms with Crippen LogP contribution in [0.25, 0.3) is 0 Å². The maximum absolute atomic E-state index is 12.5. The van der Waals surface area contributed by atoms with Crippen LogP contribution in [0.3, 0.4) is 0 Å². The number of hydrogen-bond donors (Lipinski definition) is 1. The topological polar surface area (TPSA) is 65.5 Å². The summed E-state index contributed by atoms with van der Waals surface area (Å²) in [6.07, 6.45) is 4.81. The van der Waals surface area contributed by atoms with E-state index in [2.05, 4.69) is 15.2 Å². The highest BCUT2D eigenvalue weighted by Crippen LogP contribution is 2.26. The largest absolute Gasteiger partial charge is 0.353 e. The maximum atomic E-state index is 12.5. The van der Waals surface area contributed by atoms with Crippen LogP contribution in [0.4, 0.5) is 5.82 Å². The lowest BCUT2D eigenvalue weighted by Gasteiger charge is -2.37. The number of carbonyl (C=O) groups is 2. The van der Waals surface area contributed by atoms with E-state index in [1.807, 2.05) is 23.1 Å². The first-order chi connectivity index (χ1) is 11.1. The maximum Gasteiger partial charge on any atom is 0.244 e. The molecule has 1 aromatic heterocycles. The summed E-state index contributed by atoms with van der Waals surface area (Å²) in [7, 11) is 0. The van der Waals surface area contributed by atoms with Crippen LogP contribution >= 0.6 is 0 Å². The van der Waals surface area contributed by atoms with Gasteiger partial charge in [-0.25, -0.2) is 4.98 Å². The number of piperazine rings is 1. The molecule has 1 N–H and O–H groups in total. The zero-order valence-corrected chi connectivity index (χ0v) is 13.6. The van der Waals surface area contributed by atoms with Gasteiger partial charge in [-0.3, -0.25) is 9.59 Å². The zero-order chi connectivity index (χ0) is 16.2. The van der Waals surface area contributed by atoms with Crippen LogP contribution in [0.15, 0.2) is 24.4 Å². The minimum Gasteiger partial charge on any atom is -0.353 e. The molecule has 124 valence electrons. The second-order valence-corrected chi connectivity index (χ2v) is 6.36. The minimum atomic E-state index is -0.440. The average molecular weight is 316 g/mol. The molecule has 23 heavy (non-hydrogen) atoms. The van der Waals surface area contributed by atoms with Crippen molar-refractivity contribution in [2.45, 2.75) is 32.2 Å². The van der Waals surface area contributed by atoms with Crippen LogP contribution in [-0.2, 0) is 9.59 Å². The third-order valence-corrected chi connectivity index (χ3v) is 4.77. The van der Waals surface area contributed by atoms with E-state index in [0.717, 1.165) is 38.2 Å². The van der Waals surface area contributed by atoms with Gasteiger partial charge in [-0.1, -0.05) is 12.5 Å². The van der Waals surface area contributed by atoms with E-state index >= 15 is 0 Å². The standard InChI is InChI=1S/C17H24N4O2/c1-13(19-16(22)14-5-4-6-14)17(23)21-11-9-20(10-12-21)15-7-2-3-8-18-15/h2-3,7-8,13-14H,4-6,9-12H2,1H3,(H,19,22)/t13-/m0/s1. The molecule has 1 aliphatic carbocycles. The summed E-state index contributed by atoms with van der Waals surface area (Å²) >= 11 is 0. The molecule has 0 aromatic carbocycles. The van der Waals surface area contributed by atoms with Crippen molar-refractivity contribution >= 4 is 17.6 Å². The average Bonchev–Trinajstić information content (AvgIpc) is 2.53. The van der Waals surface area contributed by atoms with Crippen molar-refractivity contribution in [1.82, 2.24) is 15.2 Å². The molecule has 1 saturated carbocycles. The van der Waals surface area contributed by atoms with Gasteiger partial charge in [0.1, 0.15) is 11.9 Å². The lowest BCUT2D eigenvalue weighted by Crippen LogP contribution is -2.55. The van der Waals surface area contributed by atoms with Crippen LogP contribution in [-0.4, -0.2) is 53.9 Å². The molecule has 3 rings (SSSR count). The highest BCUT2D eigenvalue weighted by atomic mass is 16.2. The molecule has 6 nitrogen and oxygen atoms in total. The highest BCUT2D eigenvalue weighted by molar-refractivity contribution is 5.88. The van der Waals surface area contributed by atoms with Crippen LogP contribution in [0, 0.1) is 5.92 Å². The number of nitrogens with zero attached hydrogens (tertiary/aromatic N) is 3. The molecule has 2 fully saturated rings. The molecule has 0 bridgehead atoms. The van der Waals surface area contributed by atoms with Gasteiger partial charge < -0.3 is 15.1 Å². The SMILES string of the molecule is C[C@H](NC(=O)C1CCC1)C(=O)N1CCN(c2ccccn2)CC1. The summed E-state index contributed by atoms with van der Waals surface area (Å²) in [4.78, 5) is 32.8. The predicted octanol–water partition coefficient (Wildman–Crippen LogP) is 1.03. The van der Waals surface area contributed by atoms with E-state index in [1.54, 1.807) is 13.1 Å². The van der Waals surface area contributed by atoms with Gasteiger partial charge in [-0.2, -0.15) is 0 Å². The Hall–Kier alpha value is -2.11. The Kier molecular flexibility index (Phi) is 4.79. The number of anilines is 1. The molecule has 2 heterocycles. The number of amides is 2. The summed E-state index contributed by atoms with van der Waals surface area (Å²) in [6, 6.07) is 5.41. The Morgan fingerprint density at radius 1 is 1.22 bits per heavy atom. The van der Waals surface area contributed by atoms with E-state index < -0.39 is 6.04 Å². The minimum absolute atomic E-state index is 0.0124. The number of nitrogens with one attached hydrogen (secondary N) is 1. The van der Waals surface area contributed by atoms with Crippen LogP contribution in [0.5, 0.6) is 0 Å². The third kappa shape index (κ3) is 3.63. The molecule has 6 heteroatoms. The van der Waals surface area contributed by atoms with E-state index in [0.29, 0.717) is 13.1 Å². The first kappa shape index (κ1) is 15.8. The van der Waals surface area contributed by atoms with Gasteiger partial charge in [0, 0.05) is 38.3 Å². The summed E-state index contributed by atoms with van der Waals surface area (Å²) in [5.74, 6) is 1.11. The summed E-state index contributed by atoms with van der Waals surface area (Å²) in [5, 5.41) is 2.87. The smallest absolute Gasteiger partial charge is 0.244 e. The van der Waals surface area contributed by atoms with Gasteiger partial charge >= 0.3 is 0 Å². The number of hydrogen-bond acceptors (Lipinski definition) is 4. The first-order valence-electron chi connectivity index (χ1n) is 8.40. The quantitative estimate of drug-likeness (QED) is 0.901. The Morgan fingerprint density at radius 2 is 1.96 bits per heavy atom. The molecule has 0 spiro atoms. The van der Waals surface area contributed by atoms with Crippen molar-refractivity contribution in [3.8, 4) is 0 Å². The van der Waals surface area contributed by atoms with Gasteiger partial charge in [-0.15, -0.1) is 0 Å². The van der Waals surface area contributed by atoms with E-state index in [9.17, 15) is 9.59 Å². The summed E-state index contributed by atoms with van der Waals surface area (Å²) < 4.78 is 0. The number of rotatable bonds is 4. The van der Waals surface area contributed by atoms with Gasteiger partial charge in [0.2, 0.25) is 11.8 Å². The van der Waals surface area contributed by atoms with Crippen molar-refractivity contribution in [2.75, 3.05) is 31.1 Å².